The zero-order valence-electron chi connectivity index (χ0n) is 16.1. The minimum atomic E-state index is -0.466. The third kappa shape index (κ3) is 5.81. The summed E-state index contributed by atoms with van der Waals surface area (Å²) in [5.41, 5.74) is 2.63. The van der Waals surface area contributed by atoms with E-state index >= 15 is 0 Å². The maximum Gasteiger partial charge on any atom is 0.225 e. The molecular formula is C21H25FN2O3. The second kappa shape index (κ2) is 9.16. The number of carbonyl (C=O) groups excluding carboxylic acids is 2. The third-order valence-corrected chi connectivity index (χ3v) is 4.30. The monoisotopic (exact) mass is 372 g/mol. The van der Waals surface area contributed by atoms with Gasteiger partial charge >= 0.3 is 0 Å². The fraction of sp³-hybridized carbons (Fsp3) is 0.333. The van der Waals surface area contributed by atoms with Crippen molar-refractivity contribution in [2.24, 2.45) is 0 Å². The zero-order chi connectivity index (χ0) is 20.0. The molecule has 5 nitrogen and oxygen atoms in total. The maximum atomic E-state index is 13.8. The Balaban J connectivity index is 2.08. The van der Waals surface area contributed by atoms with Gasteiger partial charge in [0.1, 0.15) is 0 Å². The van der Waals surface area contributed by atoms with Gasteiger partial charge in [-0.05, 0) is 30.2 Å². The summed E-state index contributed by atoms with van der Waals surface area (Å²) in [5.74, 6) is -0.650. The van der Waals surface area contributed by atoms with Gasteiger partial charge in [-0.25, -0.2) is 4.39 Å². The average Bonchev–Trinajstić information content (AvgIpc) is 2.61. The molecule has 2 aromatic carbocycles. The Kier molecular flexibility index (Phi) is 6.93. The molecule has 0 aliphatic carbocycles. The van der Waals surface area contributed by atoms with Crippen molar-refractivity contribution in [3.8, 4) is 5.75 Å². The molecule has 1 unspecified atom stereocenters. The van der Waals surface area contributed by atoms with Crippen molar-refractivity contribution < 1.29 is 18.7 Å². The van der Waals surface area contributed by atoms with Gasteiger partial charge < -0.3 is 15.0 Å². The molecular weight excluding hydrogens is 347 g/mol. The molecule has 1 N–H and O–H groups in total. The molecule has 0 heterocycles. The number of amides is 2. The number of aryl methyl sites for hydroxylation is 1. The Hall–Kier alpha value is -2.89. The molecule has 1 atom stereocenters. The summed E-state index contributed by atoms with van der Waals surface area (Å²) in [6.07, 6.45) is 0.123. The van der Waals surface area contributed by atoms with Gasteiger partial charge in [0, 0.05) is 20.5 Å². The van der Waals surface area contributed by atoms with Gasteiger partial charge in [-0.2, -0.15) is 0 Å². The van der Waals surface area contributed by atoms with E-state index in [1.807, 2.05) is 31.2 Å². The standard InChI is InChI=1S/C21H25FN2O3/c1-14-5-8-17(9-6-14)19(23-15(2)25)12-21(26)24(3)13-16-7-10-20(27-4)18(22)11-16/h5-11,19H,12-13H2,1-4H3,(H,23,25). The lowest BCUT2D eigenvalue weighted by atomic mass is 10.0. The van der Waals surface area contributed by atoms with Crippen LogP contribution in [-0.2, 0) is 16.1 Å². The van der Waals surface area contributed by atoms with Crippen LogP contribution in [0.25, 0.3) is 0 Å². The number of hydrogen-bond acceptors (Lipinski definition) is 3. The average molecular weight is 372 g/mol. The second-order valence-corrected chi connectivity index (χ2v) is 6.59. The van der Waals surface area contributed by atoms with E-state index in [1.54, 1.807) is 13.1 Å². The summed E-state index contributed by atoms with van der Waals surface area (Å²) in [4.78, 5) is 25.7. The lowest BCUT2D eigenvalue weighted by Crippen LogP contribution is -2.33. The predicted molar refractivity (Wildman–Crippen MR) is 102 cm³/mol. The SMILES string of the molecule is COc1ccc(CN(C)C(=O)CC(NC(C)=O)c2ccc(C)cc2)cc1F. The molecule has 2 rings (SSSR count). The van der Waals surface area contributed by atoms with Gasteiger partial charge in [0.25, 0.3) is 0 Å². The smallest absolute Gasteiger partial charge is 0.225 e. The van der Waals surface area contributed by atoms with Crippen LogP contribution in [0.4, 0.5) is 4.39 Å². The normalized spacial score (nSPS) is 11.6. The quantitative estimate of drug-likeness (QED) is 0.811. The van der Waals surface area contributed by atoms with Gasteiger partial charge in [0.05, 0.1) is 19.6 Å². The maximum absolute atomic E-state index is 13.8. The lowest BCUT2D eigenvalue weighted by Gasteiger charge is -2.23. The number of methoxy groups -OCH3 is 1. The molecule has 0 fully saturated rings. The van der Waals surface area contributed by atoms with Crippen LogP contribution in [-0.4, -0.2) is 30.9 Å². The summed E-state index contributed by atoms with van der Waals surface area (Å²) in [6.45, 7) is 3.67. The van der Waals surface area contributed by atoms with E-state index in [2.05, 4.69) is 5.32 Å². The molecule has 0 saturated carbocycles. The molecule has 0 radical (unpaired) electrons. The summed E-state index contributed by atoms with van der Waals surface area (Å²) in [7, 11) is 3.06. The van der Waals surface area contributed by atoms with Crippen LogP contribution in [0.15, 0.2) is 42.5 Å². The molecule has 2 amide bonds. The first-order valence-corrected chi connectivity index (χ1v) is 8.70. The van der Waals surface area contributed by atoms with Crippen LogP contribution >= 0.6 is 0 Å². The van der Waals surface area contributed by atoms with E-state index in [4.69, 9.17) is 4.74 Å². The molecule has 0 bridgehead atoms. The fourth-order valence-electron chi connectivity index (χ4n) is 2.80. The number of rotatable bonds is 7. The highest BCUT2D eigenvalue weighted by molar-refractivity contribution is 5.79. The van der Waals surface area contributed by atoms with E-state index in [0.29, 0.717) is 5.56 Å². The number of benzene rings is 2. The Morgan fingerprint density at radius 2 is 1.85 bits per heavy atom. The van der Waals surface area contributed by atoms with Crippen LogP contribution < -0.4 is 10.1 Å². The van der Waals surface area contributed by atoms with Crippen molar-refractivity contribution in [2.45, 2.75) is 32.9 Å². The Morgan fingerprint density at radius 3 is 2.41 bits per heavy atom. The number of halogens is 1. The van der Waals surface area contributed by atoms with Crippen molar-refractivity contribution in [1.82, 2.24) is 10.2 Å². The summed E-state index contributed by atoms with van der Waals surface area (Å²) < 4.78 is 18.7. The van der Waals surface area contributed by atoms with Crippen LogP contribution in [0, 0.1) is 12.7 Å². The highest BCUT2D eigenvalue weighted by atomic mass is 19.1. The van der Waals surface area contributed by atoms with Crippen LogP contribution in [0.2, 0.25) is 0 Å². The molecule has 2 aromatic rings. The molecule has 27 heavy (non-hydrogen) atoms. The summed E-state index contributed by atoms with van der Waals surface area (Å²) >= 11 is 0. The zero-order valence-corrected chi connectivity index (χ0v) is 16.1. The first-order chi connectivity index (χ1) is 12.8. The van der Waals surface area contributed by atoms with Crippen molar-refractivity contribution in [2.75, 3.05) is 14.2 Å². The predicted octanol–water partition coefficient (Wildman–Crippen LogP) is 3.37. The first-order valence-electron chi connectivity index (χ1n) is 8.70. The minimum Gasteiger partial charge on any atom is -0.494 e. The van der Waals surface area contributed by atoms with Crippen LogP contribution in [0.1, 0.15) is 36.1 Å². The number of nitrogens with one attached hydrogen (secondary N) is 1. The van der Waals surface area contributed by atoms with Crippen molar-refractivity contribution in [1.29, 1.82) is 0 Å². The summed E-state index contributed by atoms with van der Waals surface area (Å²) in [6, 6.07) is 11.9. The van der Waals surface area contributed by atoms with Crippen molar-refractivity contribution in [3.63, 3.8) is 0 Å². The Morgan fingerprint density at radius 1 is 1.19 bits per heavy atom. The van der Waals surface area contributed by atoms with Gasteiger partial charge in [0.15, 0.2) is 11.6 Å². The van der Waals surface area contributed by atoms with Gasteiger partial charge in [-0.1, -0.05) is 35.9 Å². The lowest BCUT2D eigenvalue weighted by molar-refractivity contribution is -0.131. The molecule has 0 spiro atoms. The molecule has 0 aromatic heterocycles. The van der Waals surface area contributed by atoms with Crippen molar-refractivity contribution >= 4 is 11.8 Å². The highest BCUT2D eigenvalue weighted by Gasteiger charge is 2.20. The molecule has 6 heteroatoms. The van der Waals surface area contributed by atoms with Crippen LogP contribution in [0.3, 0.4) is 0 Å². The molecule has 0 aliphatic rings. The minimum absolute atomic E-state index is 0.123. The Bertz CT molecular complexity index is 806. The van der Waals surface area contributed by atoms with E-state index in [0.717, 1.165) is 11.1 Å². The van der Waals surface area contributed by atoms with Crippen LogP contribution in [0.5, 0.6) is 5.75 Å². The number of hydrogen-bond donors (Lipinski definition) is 1. The number of nitrogens with zero attached hydrogens (tertiary/aromatic N) is 1. The van der Waals surface area contributed by atoms with E-state index in [1.165, 1.54) is 31.1 Å². The largest absolute Gasteiger partial charge is 0.494 e. The van der Waals surface area contributed by atoms with E-state index < -0.39 is 11.9 Å². The van der Waals surface area contributed by atoms with Crippen molar-refractivity contribution in [3.05, 3.63) is 65.0 Å². The van der Waals surface area contributed by atoms with Gasteiger partial charge in [-0.15, -0.1) is 0 Å². The van der Waals surface area contributed by atoms with Gasteiger partial charge in [-0.3, -0.25) is 9.59 Å². The van der Waals surface area contributed by atoms with E-state index in [-0.39, 0.29) is 30.5 Å². The summed E-state index contributed by atoms with van der Waals surface area (Å²) in [5, 5.41) is 2.83. The fourth-order valence-corrected chi connectivity index (χ4v) is 2.80. The second-order valence-electron chi connectivity index (χ2n) is 6.59. The third-order valence-electron chi connectivity index (χ3n) is 4.30. The topological polar surface area (TPSA) is 58.6 Å². The molecule has 144 valence electrons. The Labute approximate surface area is 159 Å². The number of ether oxygens (including phenoxy) is 1. The molecule has 0 saturated heterocycles. The molecule has 0 aliphatic heterocycles. The first kappa shape index (κ1) is 20.4. The van der Waals surface area contributed by atoms with Gasteiger partial charge in [0.2, 0.25) is 11.8 Å². The number of carbonyl (C=O) groups is 2. The highest BCUT2D eigenvalue weighted by Crippen LogP contribution is 2.21. The van der Waals surface area contributed by atoms with E-state index in [9.17, 15) is 14.0 Å².